The van der Waals surface area contributed by atoms with Crippen molar-refractivity contribution in [3.8, 4) is 0 Å². The number of thioether (sulfide) groups is 1. The van der Waals surface area contributed by atoms with Gasteiger partial charge in [0.2, 0.25) is 0 Å². The van der Waals surface area contributed by atoms with Crippen molar-refractivity contribution in [2.45, 2.75) is 26.2 Å². The minimum atomic E-state index is -0.712. The van der Waals surface area contributed by atoms with Crippen LogP contribution in [0.5, 0.6) is 0 Å². The summed E-state index contributed by atoms with van der Waals surface area (Å²) in [6.45, 7) is 4.70. The largest absolute Gasteiger partial charge is 0.481 e. The molecule has 2 fully saturated rings. The molecule has 5 nitrogen and oxygen atoms in total. The van der Waals surface area contributed by atoms with Crippen LogP contribution in [0.1, 0.15) is 26.2 Å². The van der Waals surface area contributed by atoms with Gasteiger partial charge in [-0.1, -0.05) is 6.92 Å². The minimum absolute atomic E-state index is 0.0930. The Morgan fingerprint density at radius 1 is 1.11 bits per heavy atom. The van der Waals surface area contributed by atoms with E-state index in [9.17, 15) is 14.7 Å². The topological polar surface area (TPSA) is 60.9 Å². The van der Waals surface area contributed by atoms with Crippen LogP contribution in [-0.2, 0) is 4.79 Å². The second kappa shape index (κ2) is 6.03. The van der Waals surface area contributed by atoms with E-state index in [0.29, 0.717) is 32.4 Å². The predicted octanol–water partition coefficient (Wildman–Crippen LogP) is 1.73. The average molecular weight is 286 g/mol. The van der Waals surface area contributed by atoms with E-state index >= 15 is 0 Å². The number of likely N-dealkylation sites (tertiary alicyclic amines) is 1. The van der Waals surface area contributed by atoms with Gasteiger partial charge in [-0.05, 0) is 19.3 Å². The summed E-state index contributed by atoms with van der Waals surface area (Å²) in [5.41, 5.74) is -0.617. The number of carbonyl (C=O) groups excluding carboxylic acids is 1. The van der Waals surface area contributed by atoms with Gasteiger partial charge in [0.1, 0.15) is 0 Å². The predicted molar refractivity (Wildman–Crippen MR) is 75.5 cm³/mol. The lowest BCUT2D eigenvalue weighted by Crippen LogP contribution is -2.52. The van der Waals surface area contributed by atoms with Crippen molar-refractivity contribution in [3.05, 3.63) is 0 Å². The fraction of sp³-hybridized carbons (Fsp3) is 0.846. The number of aliphatic carboxylic acids is 1. The molecule has 0 aromatic carbocycles. The lowest BCUT2D eigenvalue weighted by molar-refractivity contribution is -0.152. The van der Waals surface area contributed by atoms with E-state index in [4.69, 9.17) is 0 Å². The van der Waals surface area contributed by atoms with Gasteiger partial charge in [0, 0.05) is 37.7 Å². The molecule has 0 bridgehead atoms. The van der Waals surface area contributed by atoms with Gasteiger partial charge in [-0.25, -0.2) is 4.79 Å². The van der Waals surface area contributed by atoms with E-state index in [1.54, 1.807) is 0 Å². The van der Waals surface area contributed by atoms with Gasteiger partial charge in [-0.2, -0.15) is 11.8 Å². The SMILES string of the molecule is CCC1(C(=O)O)CCN(C(=O)N2CCSCC2)CC1. The maximum atomic E-state index is 12.3. The molecule has 0 saturated carbocycles. The van der Waals surface area contributed by atoms with Crippen LogP contribution in [0.4, 0.5) is 4.79 Å². The molecule has 2 heterocycles. The molecule has 0 aliphatic carbocycles. The van der Waals surface area contributed by atoms with E-state index < -0.39 is 11.4 Å². The number of rotatable bonds is 2. The molecule has 1 N–H and O–H groups in total. The molecule has 6 heteroatoms. The highest BCUT2D eigenvalue weighted by molar-refractivity contribution is 7.99. The van der Waals surface area contributed by atoms with Crippen LogP contribution in [0.25, 0.3) is 0 Å². The highest BCUT2D eigenvalue weighted by Gasteiger charge is 2.41. The van der Waals surface area contributed by atoms with Crippen LogP contribution in [0.3, 0.4) is 0 Å². The smallest absolute Gasteiger partial charge is 0.320 e. The number of piperidine rings is 1. The van der Waals surface area contributed by atoms with Gasteiger partial charge in [-0.3, -0.25) is 4.79 Å². The highest BCUT2D eigenvalue weighted by Crippen LogP contribution is 2.35. The quantitative estimate of drug-likeness (QED) is 0.840. The van der Waals surface area contributed by atoms with E-state index in [2.05, 4.69) is 0 Å². The summed E-state index contributed by atoms with van der Waals surface area (Å²) in [5, 5.41) is 9.35. The summed E-state index contributed by atoms with van der Waals surface area (Å²) in [5.74, 6) is 1.30. The molecular formula is C13H22N2O3S. The molecule has 0 atom stereocenters. The van der Waals surface area contributed by atoms with Crippen molar-refractivity contribution >= 4 is 23.8 Å². The summed E-state index contributed by atoms with van der Waals surface area (Å²) in [6, 6.07) is 0.0930. The van der Waals surface area contributed by atoms with Gasteiger partial charge >= 0.3 is 12.0 Å². The van der Waals surface area contributed by atoms with Gasteiger partial charge in [0.05, 0.1) is 5.41 Å². The van der Waals surface area contributed by atoms with Crippen molar-refractivity contribution in [2.24, 2.45) is 5.41 Å². The summed E-state index contributed by atoms with van der Waals surface area (Å²) in [6.07, 6.45) is 1.80. The zero-order valence-corrected chi connectivity index (χ0v) is 12.2. The number of nitrogens with zero attached hydrogens (tertiary/aromatic N) is 2. The summed E-state index contributed by atoms with van der Waals surface area (Å²) in [4.78, 5) is 27.4. The monoisotopic (exact) mass is 286 g/mol. The first-order valence-electron chi connectivity index (χ1n) is 6.94. The molecule has 2 rings (SSSR count). The molecule has 19 heavy (non-hydrogen) atoms. The third-order valence-corrected chi connectivity index (χ3v) is 5.35. The van der Waals surface area contributed by atoms with Crippen LogP contribution < -0.4 is 0 Å². The highest BCUT2D eigenvalue weighted by atomic mass is 32.2. The second-order valence-electron chi connectivity index (χ2n) is 5.31. The Labute approximate surface area is 118 Å². The zero-order valence-electron chi connectivity index (χ0n) is 11.4. The number of urea groups is 1. The lowest BCUT2D eigenvalue weighted by Gasteiger charge is -2.40. The molecule has 0 aromatic rings. The standard InChI is InChI=1S/C13H22N2O3S/c1-2-13(11(16)17)3-5-14(6-4-13)12(18)15-7-9-19-10-8-15/h2-10H2,1H3,(H,16,17). The Hall–Kier alpha value is -0.910. The van der Waals surface area contributed by atoms with Crippen LogP contribution in [0.15, 0.2) is 0 Å². The van der Waals surface area contributed by atoms with E-state index in [1.165, 1.54) is 0 Å². The van der Waals surface area contributed by atoms with E-state index in [-0.39, 0.29) is 6.03 Å². The molecule has 2 aliphatic heterocycles. The molecule has 0 radical (unpaired) electrons. The number of hydrogen-bond donors (Lipinski definition) is 1. The third kappa shape index (κ3) is 2.99. The Morgan fingerprint density at radius 3 is 2.11 bits per heavy atom. The first-order chi connectivity index (χ1) is 9.09. The van der Waals surface area contributed by atoms with Crippen molar-refractivity contribution < 1.29 is 14.7 Å². The Kier molecular flexibility index (Phi) is 4.60. The maximum Gasteiger partial charge on any atom is 0.320 e. The fourth-order valence-electron chi connectivity index (χ4n) is 2.80. The minimum Gasteiger partial charge on any atom is -0.481 e. The van der Waals surface area contributed by atoms with Crippen molar-refractivity contribution in [1.29, 1.82) is 0 Å². The Balaban J connectivity index is 1.92. The maximum absolute atomic E-state index is 12.3. The zero-order chi connectivity index (χ0) is 13.9. The first-order valence-corrected chi connectivity index (χ1v) is 8.09. The average Bonchev–Trinajstić information content (AvgIpc) is 2.47. The first kappa shape index (κ1) is 14.5. The molecule has 0 spiro atoms. The van der Waals surface area contributed by atoms with Crippen LogP contribution in [-0.4, -0.2) is 64.6 Å². The number of carboxylic acid groups (broad SMARTS) is 1. The van der Waals surface area contributed by atoms with Gasteiger partial charge in [-0.15, -0.1) is 0 Å². The lowest BCUT2D eigenvalue weighted by atomic mass is 9.76. The molecule has 108 valence electrons. The van der Waals surface area contributed by atoms with Crippen LogP contribution in [0.2, 0.25) is 0 Å². The van der Waals surface area contributed by atoms with E-state index in [0.717, 1.165) is 24.6 Å². The Bertz CT molecular complexity index is 348. The Morgan fingerprint density at radius 2 is 1.63 bits per heavy atom. The summed E-state index contributed by atoms with van der Waals surface area (Å²) in [7, 11) is 0. The molecule has 2 saturated heterocycles. The van der Waals surface area contributed by atoms with Crippen LogP contribution >= 0.6 is 11.8 Å². The second-order valence-corrected chi connectivity index (χ2v) is 6.53. The van der Waals surface area contributed by atoms with Crippen molar-refractivity contribution in [3.63, 3.8) is 0 Å². The van der Waals surface area contributed by atoms with Crippen LogP contribution in [0, 0.1) is 5.41 Å². The summed E-state index contributed by atoms with van der Waals surface area (Å²) < 4.78 is 0. The summed E-state index contributed by atoms with van der Waals surface area (Å²) >= 11 is 1.88. The number of carbonyl (C=O) groups is 2. The third-order valence-electron chi connectivity index (χ3n) is 4.40. The molecule has 0 aromatic heterocycles. The fourth-order valence-corrected chi connectivity index (χ4v) is 3.70. The molecular weight excluding hydrogens is 264 g/mol. The number of amides is 2. The van der Waals surface area contributed by atoms with Crippen molar-refractivity contribution in [1.82, 2.24) is 9.80 Å². The molecule has 2 amide bonds. The molecule has 2 aliphatic rings. The van der Waals surface area contributed by atoms with Gasteiger partial charge in [0.25, 0.3) is 0 Å². The number of carboxylic acids is 1. The molecule has 0 unspecified atom stereocenters. The van der Waals surface area contributed by atoms with Gasteiger partial charge < -0.3 is 14.9 Å². The number of hydrogen-bond acceptors (Lipinski definition) is 3. The van der Waals surface area contributed by atoms with E-state index in [1.807, 2.05) is 28.5 Å². The van der Waals surface area contributed by atoms with Crippen molar-refractivity contribution in [2.75, 3.05) is 37.7 Å². The normalized spacial score (nSPS) is 23.2. The van der Waals surface area contributed by atoms with Gasteiger partial charge in [0.15, 0.2) is 0 Å².